The fraction of sp³-hybridized carbons (Fsp3) is 0.286. The predicted octanol–water partition coefficient (Wildman–Crippen LogP) is 2.73. The lowest BCUT2D eigenvalue weighted by molar-refractivity contribution is -0.139. The molecule has 0 unspecified atom stereocenters. The van der Waals surface area contributed by atoms with Gasteiger partial charge in [0.15, 0.2) is 6.61 Å². The second-order valence-electron chi connectivity index (χ2n) is 6.40. The zero-order valence-corrected chi connectivity index (χ0v) is 16.2. The first kappa shape index (κ1) is 21.0. The van der Waals surface area contributed by atoms with Crippen LogP contribution in [0.1, 0.15) is 35.7 Å². The number of hydrogen-bond acceptors (Lipinski definition) is 5. The van der Waals surface area contributed by atoms with Crippen molar-refractivity contribution < 1.29 is 23.9 Å². The molecule has 0 aliphatic carbocycles. The predicted molar refractivity (Wildman–Crippen MR) is 105 cm³/mol. The van der Waals surface area contributed by atoms with E-state index in [9.17, 15) is 14.4 Å². The number of amides is 2. The summed E-state index contributed by atoms with van der Waals surface area (Å²) in [5.74, 6) is -0.343. The molecular formula is C21H24N2O5. The molecule has 0 aliphatic heterocycles. The van der Waals surface area contributed by atoms with Crippen molar-refractivity contribution in [3.63, 3.8) is 0 Å². The highest BCUT2D eigenvalue weighted by atomic mass is 16.5. The van der Waals surface area contributed by atoms with E-state index in [-0.39, 0.29) is 19.1 Å². The summed E-state index contributed by atoms with van der Waals surface area (Å²) in [5, 5.41) is 5.13. The average molecular weight is 384 g/mol. The number of carbonyl (C=O) groups is 3. The van der Waals surface area contributed by atoms with Crippen molar-refractivity contribution in [3.05, 3.63) is 59.7 Å². The van der Waals surface area contributed by atoms with Crippen molar-refractivity contribution >= 4 is 23.5 Å². The lowest BCUT2D eigenvalue weighted by atomic mass is 10.0. The highest BCUT2D eigenvalue weighted by Crippen LogP contribution is 2.20. The largest absolute Gasteiger partial charge is 0.484 e. The van der Waals surface area contributed by atoms with Crippen LogP contribution in [0.25, 0.3) is 0 Å². The minimum atomic E-state index is -0.545. The monoisotopic (exact) mass is 384 g/mol. The Morgan fingerprint density at radius 3 is 2.50 bits per heavy atom. The van der Waals surface area contributed by atoms with Gasteiger partial charge < -0.3 is 20.1 Å². The van der Waals surface area contributed by atoms with Crippen LogP contribution in [0.2, 0.25) is 0 Å². The van der Waals surface area contributed by atoms with Crippen LogP contribution in [-0.2, 0) is 14.3 Å². The number of anilines is 1. The molecule has 2 aromatic carbocycles. The lowest BCUT2D eigenvalue weighted by Crippen LogP contribution is -2.30. The van der Waals surface area contributed by atoms with Crippen LogP contribution in [0.3, 0.4) is 0 Å². The summed E-state index contributed by atoms with van der Waals surface area (Å²) in [6.07, 6.45) is 0. The first-order valence-corrected chi connectivity index (χ1v) is 8.86. The molecule has 0 aromatic heterocycles. The van der Waals surface area contributed by atoms with E-state index >= 15 is 0 Å². The van der Waals surface area contributed by atoms with Gasteiger partial charge in [-0.05, 0) is 41.8 Å². The molecule has 0 bridgehead atoms. The van der Waals surface area contributed by atoms with Crippen molar-refractivity contribution in [1.82, 2.24) is 5.32 Å². The number of esters is 1. The summed E-state index contributed by atoms with van der Waals surface area (Å²) in [6, 6.07) is 14.0. The topological polar surface area (TPSA) is 93.7 Å². The number of hydrogen-bond donors (Lipinski definition) is 2. The maximum Gasteiger partial charge on any atom is 0.325 e. The van der Waals surface area contributed by atoms with E-state index in [1.165, 1.54) is 13.2 Å². The third-order valence-electron chi connectivity index (χ3n) is 3.92. The van der Waals surface area contributed by atoms with Gasteiger partial charge in [0.2, 0.25) is 0 Å². The molecule has 2 rings (SSSR count). The van der Waals surface area contributed by atoms with E-state index in [1.807, 2.05) is 18.2 Å². The Morgan fingerprint density at radius 1 is 1.04 bits per heavy atom. The van der Waals surface area contributed by atoms with Crippen LogP contribution in [0.5, 0.6) is 5.75 Å². The van der Waals surface area contributed by atoms with Crippen LogP contribution in [-0.4, -0.2) is 38.0 Å². The van der Waals surface area contributed by atoms with Gasteiger partial charge in [-0.3, -0.25) is 14.4 Å². The number of rotatable bonds is 8. The Morgan fingerprint density at radius 2 is 1.79 bits per heavy atom. The molecule has 0 saturated carbocycles. The standard InChI is InChI=1S/C21H24N2O5/c1-14(2)15-6-5-9-18(11-15)28-13-19(24)23-17-8-4-7-16(10-17)21(26)22-12-20(25)27-3/h4-11,14H,12-13H2,1-3H3,(H,22,26)(H,23,24). The molecule has 0 radical (unpaired) electrons. The highest BCUT2D eigenvalue weighted by molar-refractivity contribution is 5.98. The molecule has 0 spiro atoms. The molecule has 0 aliphatic rings. The number of ether oxygens (including phenoxy) is 2. The van der Waals surface area contributed by atoms with Crippen LogP contribution >= 0.6 is 0 Å². The van der Waals surface area contributed by atoms with Gasteiger partial charge in [-0.2, -0.15) is 0 Å². The second-order valence-corrected chi connectivity index (χ2v) is 6.40. The molecule has 2 N–H and O–H groups in total. The van der Waals surface area contributed by atoms with E-state index in [2.05, 4.69) is 29.2 Å². The highest BCUT2D eigenvalue weighted by Gasteiger charge is 2.10. The smallest absolute Gasteiger partial charge is 0.325 e. The summed E-state index contributed by atoms with van der Waals surface area (Å²) in [6.45, 7) is 3.79. The minimum absolute atomic E-state index is 0.152. The third-order valence-corrected chi connectivity index (χ3v) is 3.92. The average Bonchev–Trinajstić information content (AvgIpc) is 2.70. The van der Waals surface area contributed by atoms with Gasteiger partial charge >= 0.3 is 5.97 Å². The molecule has 0 heterocycles. The molecular weight excluding hydrogens is 360 g/mol. The molecule has 0 atom stereocenters. The first-order valence-electron chi connectivity index (χ1n) is 8.86. The molecule has 0 fully saturated rings. The minimum Gasteiger partial charge on any atom is -0.484 e. The Kier molecular flexibility index (Phi) is 7.56. The first-order chi connectivity index (χ1) is 13.4. The van der Waals surface area contributed by atoms with E-state index in [4.69, 9.17) is 4.74 Å². The lowest BCUT2D eigenvalue weighted by Gasteiger charge is -2.11. The van der Waals surface area contributed by atoms with Gasteiger partial charge in [0.1, 0.15) is 12.3 Å². The van der Waals surface area contributed by atoms with Gasteiger partial charge in [-0.1, -0.05) is 32.0 Å². The van der Waals surface area contributed by atoms with E-state index in [0.29, 0.717) is 22.9 Å². The number of carbonyl (C=O) groups excluding carboxylic acids is 3. The van der Waals surface area contributed by atoms with Crippen molar-refractivity contribution in [2.24, 2.45) is 0 Å². The molecule has 148 valence electrons. The SMILES string of the molecule is COC(=O)CNC(=O)c1cccc(NC(=O)COc2cccc(C(C)C)c2)c1. The number of nitrogens with one attached hydrogen (secondary N) is 2. The van der Waals surface area contributed by atoms with Crippen LogP contribution in [0.4, 0.5) is 5.69 Å². The van der Waals surface area contributed by atoms with Crippen molar-refractivity contribution in [1.29, 1.82) is 0 Å². The van der Waals surface area contributed by atoms with Gasteiger partial charge in [-0.15, -0.1) is 0 Å². The van der Waals surface area contributed by atoms with Crippen molar-refractivity contribution in [2.45, 2.75) is 19.8 Å². The number of benzene rings is 2. The van der Waals surface area contributed by atoms with Crippen LogP contribution < -0.4 is 15.4 Å². The summed E-state index contributed by atoms with van der Waals surface area (Å²) < 4.78 is 10.0. The Labute approximate surface area is 164 Å². The van der Waals surface area contributed by atoms with Crippen molar-refractivity contribution in [3.8, 4) is 5.75 Å². The molecule has 7 heteroatoms. The quantitative estimate of drug-likeness (QED) is 0.683. The zero-order valence-electron chi connectivity index (χ0n) is 16.2. The Hall–Kier alpha value is -3.35. The summed E-state index contributed by atoms with van der Waals surface area (Å²) in [4.78, 5) is 35.3. The fourth-order valence-electron chi connectivity index (χ4n) is 2.37. The molecule has 28 heavy (non-hydrogen) atoms. The van der Waals surface area contributed by atoms with E-state index in [0.717, 1.165) is 5.56 Å². The van der Waals surface area contributed by atoms with E-state index in [1.54, 1.807) is 24.3 Å². The maximum absolute atomic E-state index is 12.1. The van der Waals surface area contributed by atoms with Crippen LogP contribution in [0, 0.1) is 0 Å². The van der Waals surface area contributed by atoms with Crippen molar-refractivity contribution in [2.75, 3.05) is 25.6 Å². The van der Waals surface area contributed by atoms with Crippen LogP contribution in [0.15, 0.2) is 48.5 Å². The maximum atomic E-state index is 12.1. The molecule has 0 saturated heterocycles. The molecule has 2 amide bonds. The Bertz CT molecular complexity index is 848. The molecule has 2 aromatic rings. The van der Waals surface area contributed by atoms with Gasteiger partial charge in [0.25, 0.3) is 11.8 Å². The number of methoxy groups -OCH3 is 1. The normalized spacial score (nSPS) is 10.3. The zero-order chi connectivity index (χ0) is 20.5. The van der Waals surface area contributed by atoms with E-state index < -0.39 is 11.9 Å². The third kappa shape index (κ3) is 6.42. The van der Waals surface area contributed by atoms with Gasteiger partial charge in [-0.25, -0.2) is 0 Å². The molecule has 7 nitrogen and oxygen atoms in total. The van der Waals surface area contributed by atoms with Gasteiger partial charge in [0.05, 0.1) is 7.11 Å². The summed E-state index contributed by atoms with van der Waals surface area (Å²) in [7, 11) is 1.24. The second kappa shape index (κ2) is 10.1. The summed E-state index contributed by atoms with van der Waals surface area (Å²) in [5.41, 5.74) is 1.89. The Balaban J connectivity index is 1.91. The van der Waals surface area contributed by atoms with Gasteiger partial charge in [0, 0.05) is 11.3 Å². The fourth-order valence-corrected chi connectivity index (χ4v) is 2.37. The summed E-state index contributed by atoms with van der Waals surface area (Å²) >= 11 is 0.